The van der Waals surface area contributed by atoms with Crippen LogP contribution in [0.1, 0.15) is 24.2 Å². The van der Waals surface area contributed by atoms with Crippen LogP contribution in [0.3, 0.4) is 0 Å². The Bertz CT molecular complexity index is 906. The van der Waals surface area contributed by atoms with Gasteiger partial charge in [0.05, 0.1) is 29.5 Å². The zero-order chi connectivity index (χ0) is 20.1. The highest BCUT2D eigenvalue weighted by Crippen LogP contribution is 2.35. The Morgan fingerprint density at radius 3 is 2.36 bits per heavy atom. The van der Waals surface area contributed by atoms with E-state index in [-0.39, 0.29) is 30.1 Å². The molecule has 2 aromatic rings. The number of thioether (sulfide) groups is 1. The Kier molecular flexibility index (Phi) is 6.31. The van der Waals surface area contributed by atoms with E-state index in [1.165, 1.54) is 22.7 Å². The predicted octanol–water partition coefficient (Wildman–Crippen LogP) is 3.90. The van der Waals surface area contributed by atoms with Crippen LogP contribution < -0.4 is 0 Å². The van der Waals surface area contributed by atoms with Gasteiger partial charge in [0.2, 0.25) is 5.91 Å². The molecular formula is C22H21NO4S. The van der Waals surface area contributed by atoms with Crippen molar-refractivity contribution in [1.82, 2.24) is 4.90 Å². The number of benzene rings is 2. The molecule has 0 spiro atoms. The van der Waals surface area contributed by atoms with Crippen LogP contribution in [-0.2, 0) is 14.3 Å². The van der Waals surface area contributed by atoms with Gasteiger partial charge in [0.25, 0.3) is 0 Å². The molecule has 0 bridgehead atoms. The van der Waals surface area contributed by atoms with Crippen molar-refractivity contribution >= 4 is 29.4 Å². The van der Waals surface area contributed by atoms with E-state index in [2.05, 4.69) is 0 Å². The summed E-state index contributed by atoms with van der Waals surface area (Å²) < 4.78 is 4.92. The molecule has 1 saturated heterocycles. The molecule has 6 heteroatoms. The van der Waals surface area contributed by atoms with E-state index >= 15 is 0 Å². The Labute approximate surface area is 168 Å². The number of nitrogens with zero attached hydrogens (tertiary/aromatic N) is 1. The normalized spacial score (nSPS) is 17.8. The van der Waals surface area contributed by atoms with Crippen molar-refractivity contribution < 1.29 is 19.1 Å². The molecule has 0 N–H and O–H groups in total. The summed E-state index contributed by atoms with van der Waals surface area (Å²) in [7, 11) is 0. The highest BCUT2D eigenvalue weighted by molar-refractivity contribution is 8.04. The number of esters is 1. The van der Waals surface area contributed by atoms with Gasteiger partial charge in [-0.3, -0.25) is 14.5 Å². The summed E-state index contributed by atoms with van der Waals surface area (Å²) in [6, 6.07) is 17.2. The van der Waals surface area contributed by atoms with Gasteiger partial charge in [-0.05, 0) is 25.0 Å². The minimum atomic E-state index is -0.517. The lowest BCUT2D eigenvalue weighted by Crippen LogP contribution is -2.33. The highest BCUT2D eigenvalue weighted by atomic mass is 32.2. The van der Waals surface area contributed by atoms with Gasteiger partial charge >= 0.3 is 5.97 Å². The summed E-state index contributed by atoms with van der Waals surface area (Å²) >= 11 is 1.26. The van der Waals surface area contributed by atoms with E-state index in [4.69, 9.17) is 4.74 Å². The van der Waals surface area contributed by atoms with E-state index in [1.54, 1.807) is 26.0 Å². The third-order valence-electron chi connectivity index (χ3n) is 4.32. The molecule has 1 heterocycles. The van der Waals surface area contributed by atoms with Crippen molar-refractivity contribution in [1.29, 1.82) is 0 Å². The van der Waals surface area contributed by atoms with Crippen molar-refractivity contribution in [3.63, 3.8) is 0 Å². The molecule has 1 aliphatic heterocycles. The molecule has 0 aliphatic carbocycles. The molecule has 144 valence electrons. The van der Waals surface area contributed by atoms with Crippen LogP contribution in [0.25, 0.3) is 11.1 Å². The molecule has 5 nitrogen and oxygen atoms in total. The molecule has 0 radical (unpaired) electrons. The molecular weight excluding hydrogens is 374 g/mol. The lowest BCUT2D eigenvalue weighted by molar-refractivity contribution is -0.137. The van der Waals surface area contributed by atoms with Crippen molar-refractivity contribution in [2.75, 3.05) is 13.2 Å². The first-order valence-corrected chi connectivity index (χ1v) is 9.92. The number of hydrogen-bond donors (Lipinski definition) is 0. The van der Waals surface area contributed by atoms with Gasteiger partial charge < -0.3 is 4.74 Å². The maximum Gasteiger partial charge on any atom is 0.333 e. The maximum atomic E-state index is 12.7. The third-order valence-corrected chi connectivity index (χ3v) is 5.46. The molecule has 1 fully saturated rings. The van der Waals surface area contributed by atoms with Gasteiger partial charge in [0.15, 0.2) is 5.78 Å². The second kappa shape index (κ2) is 8.89. The number of carbonyl (C=O) groups excluding carboxylic acids is 3. The van der Waals surface area contributed by atoms with E-state index < -0.39 is 5.97 Å². The van der Waals surface area contributed by atoms with E-state index in [1.807, 2.05) is 42.5 Å². The summed E-state index contributed by atoms with van der Waals surface area (Å²) in [6.07, 6.45) is 1.28. The van der Waals surface area contributed by atoms with E-state index in [9.17, 15) is 14.4 Å². The maximum absolute atomic E-state index is 12.7. The van der Waals surface area contributed by atoms with Crippen LogP contribution in [0.4, 0.5) is 0 Å². The van der Waals surface area contributed by atoms with Crippen LogP contribution >= 0.6 is 11.8 Å². The largest absolute Gasteiger partial charge is 0.463 e. The second-order valence-corrected chi connectivity index (χ2v) is 7.65. The van der Waals surface area contributed by atoms with Crippen molar-refractivity contribution in [2.45, 2.75) is 19.1 Å². The lowest BCUT2D eigenvalue weighted by Gasteiger charge is -2.16. The monoisotopic (exact) mass is 395 g/mol. The molecule has 0 aromatic heterocycles. The number of ketones is 1. The van der Waals surface area contributed by atoms with Crippen LogP contribution in [0.2, 0.25) is 0 Å². The Morgan fingerprint density at radius 2 is 1.71 bits per heavy atom. The van der Waals surface area contributed by atoms with Gasteiger partial charge in [0, 0.05) is 5.56 Å². The zero-order valence-electron chi connectivity index (χ0n) is 15.8. The minimum absolute atomic E-state index is 0.105. The van der Waals surface area contributed by atoms with Crippen molar-refractivity contribution in [3.8, 4) is 11.1 Å². The fourth-order valence-corrected chi connectivity index (χ4v) is 3.93. The van der Waals surface area contributed by atoms with Gasteiger partial charge in [-0.25, -0.2) is 4.79 Å². The number of rotatable bonds is 6. The molecule has 1 amide bonds. The standard InChI is InChI=1S/C22H21NO4S/c1-3-27-21(25)13-20-23(22(26)15(2)28-20)14-19(24)18-11-9-17(10-12-18)16-7-5-4-6-8-16/h4-13,15H,3,14H2,1-2H3/b20-13+/t15-/m1/s1. The first-order valence-electron chi connectivity index (χ1n) is 9.04. The fraction of sp³-hybridized carbons (Fsp3) is 0.227. The third kappa shape index (κ3) is 4.51. The summed E-state index contributed by atoms with van der Waals surface area (Å²) in [5.41, 5.74) is 2.61. The molecule has 28 heavy (non-hydrogen) atoms. The van der Waals surface area contributed by atoms with E-state index in [0.29, 0.717) is 10.6 Å². The SMILES string of the molecule is CCOC(=O)/C=C1/S[C@H](C)C(=O)N1CC(=O)c1ccc(-c2ccccc2)cc1. The van der Waals surface area contributed by atoms with Crippen LogP contribution in [0, 0.1) is 0 Å². The van der Waals surface area contributed by atoms with Crippen LogP contribution in [-0.4, -0.2) is 41.0 Å². The average Bonchev–Trinajstić information content (AvgIpc) is 2.96. The predicted molar refractivity (Wildman–Crippen MR) is 110 cm³/mol. The molecule has 0 saturated carbocycles. The number of Topliss-reactive ketones (excluding diaryl/α,β-unsaturated/α-hetero) is 1. The number of amides is 1. The molecule has 0 unspecified atom stereocenters. The van der Waals surface area contributed by atoms with Crippen LogP contribution in [0.15, 0.2) is 65.7 Å². The smallest absolute Gasteiger partial charge is 0.333 e. The summed E-state index contributed by atoms with van der Waals surface area (Å²) in [5, 5.41) is 0.110. The molecule has 3 rings (SSSR count). The van der Waals surface area contributed by atoms with E-state index in [0.717, 1.165) is 11.1 Å². The van der Waals surface area contributed by atoms with Crippen LogP contribution in [0.5, 0.6) is 0 Å². The van der Waals surface area contributed by atoms with Gasteiger partial charge in [-0.2, -0.15) is 0 Å². The summed E-state index contributed by atoms with van der Waals surface area (Å²) in [6.45, 7) is 3.62. The van der Waals surface area contributed by atoms with Gasteiger partial charge in [0.1, 0.15) is 0 Å². The highest BCUT2D eigenvalue weighted by Gasteiger charge is 2.35. The summed E-state index contributed by atoms with van der Waals surface area (Å²) in [4.78, 5) is 38.2. The Morgan fingerprint density at radius 1 is 1.07 bits per heavy atom. The number of ether oxygens (including phenoxy) is 1. The molecule has 1 atom stereocenters. The number of carbonyl (C=O) groups is 3. The minimum Gasteiger partial charge on any atom is -0.463 e. The van der Waals surface area contributed by atoms with Gasteiger partial charge in [-0.15, -0.1) is 0 Å². The molecule has 1 aliphatic rings. The topological polar surface area (TPSA) is 63.7 Å². The quantitative estimate of drug-likeness (QED) is 0.422. The Balaban J connectivity index is 1.75. The Hall–Kier alpha value is -2.86. The first-order chi connectivity index (χ1) is 13.5. The first kappa shape index (κ1) is 19.9. The van der Waals surface area contributed by atoms with Crippen molar-refractivity contribution in [3.05, 3.63) is 71.3 Å². The molecule has 2 aromatic carbocycles. The fourth-order valence-electron chi connectivity index (χ4n) is 2.89. The van der Waals surface area contributed by atoms with Crippen molar-refractivity contribution in [2.24, 2.45) is 0 Å². The number of hydrogen-bond acceptors (Lipinski definition) is 5. The van der Waals surface area contributed by atoms with Gasteiger partial charge in [-0.1, -0.05) is 66.4 Å². The second-order valence-electron chi connectivity index (χ2n) is 6.29. The zero-order valence-corrected chi connectivity index (χ0v) is 16.6. The average molecular weight is 395 g/mol. The summed E-state index contributed by atoms with van der Waals surface area (Å²) in [5.74, 6) is -0.885. The lowest BCUT2D eigenvalue weighted by atomic mass is 10.0.